The molecule has 8 heteroatoms. The van der Waals surface area contributed by atoms with E-state index in [1.54, 1.807) is 28.6 Å². The molecule has 0 aliphatic carbocycles. The molecule has 3 aromatic rings. The average Bonchev–Trinajstić information content (AvgIpc) is 3.36. The number of aromatic nitrogens is 1. The Balaban J connectivity index is 1.07. The van der Waals surface area contributed by atoms with E-state index in [9.17, 15) is 9.59 Å². The van der Waals surface area contributed by atoms with E-state index in [4.69, 9.17) is 9.78 Å². The maximum Gasteiger partial charge on any atom is 0.290 e. The first kappa shape index (κ1) is 24.6. The van der Waals surface area contributed by atoms with Crippen molar-refractivity contribution in [3.63, 3.8) is 0 Å². The number of amides is 1. The smallest absolute Gasteiger partial charge is 0.290 e. The summed E-state index contributed by atoms with van der Waals surface area (Å²) in [6.45, 7) is 6.29. The topological polar surface area (TPSA) is 80.6 Å². The molecule has 3 heterocycles. The number of carbonyl (C=O) groups excluding carboxylic acids is 2. The van der Waals surface area contributed by atoms with E-state index in [0.717, 1.165) is 57.8 Å². The van der Waals surface area contributed by atoms with Gasteiger partial charge in [-0.3, -0.25) is 14.5 Å². The van der Waals surface area contributed by atoms with Crippen molar-refractivity contribution >= 4 is 44.8 Å². The Hall–Kier alpha value is -3.10. The van der Waals surface area contributed by atoms with Gasteiger partial charge in [-0.2, -0.15) is 4.37 Å². The summed E-state index contributed by atoms with van der Waals surface area (Å²) >= 11 is 1.57. The molecule has 0 spiro atoms. The predicted octanol–water partition coefficient (Wildman–Crippen LogP) is 4.07. The molecule has 2 aliphatic rings. The van der Waals surface area contributed by atoms with Crippen molar-refractivity contribution in [3.8, 4) is 0 Å². The van der Waals surface area contributed by atoms with Crippen LogP contribution < -0.4 is 4.90 Å². The molecule has 1 unspecified atom stereocenters. The number of anilines is 1. The highest BCUT2D eigenvalue weighted by Gasteiger charge is 2.29. The molecular formula is C28H33N5O2S. The third kappa shape index (κ3) is 5.65. The minimum Gasteiger partial charge on any atom is -0.353 e. The minimum absolute atomic E-state index is 0.136. The highest BCUT2D eigenvalue weighted by molar-refractivity contribution is 7.13. The van der Waals surface area contributed by atoms with Crippen molar-refractivity contribution in [2.24, 2.45) is 5.92 Å². The Morgan fingerprint density at radius 3 is 2.53 bits per heavy atom. The van der Waals surface area contributed by atoms with Crippen LogP contribution in [0.3, 0.4) is 0 Å². The minimum atomic E-state index is -0.477. The van der Waals surface area contributed by atoms with Gasteiger partial charge in [-0.25, -0.2) is 0 Å². The van der Waals surface area contributed by atoms with Crippen molar-refractivity contribution < 1.29 is 9.59 Å². The second-order valence-corrected chi connectivity index (χ2v) is 10.6. The van der Waals surface area contributed by atoms with Crippen LogP contribution in [0.15, 0.2) is 54.6 Å². The van der Waals surface area contributed by atoms with E-state index < -0.39 is 11.7 Å². The van der Waals surface area contributed by atoms with Gasteiger partial charge in [0.2, 0.25) is 5.78 Å². The number of benzene rings is 2. The quantitative estimate of drug-likeness (QED) is 0.370. The monoisotopic (exact) mass is 503 g/mol. The molecule has 0 radical (unpaired) electrons. The summed E-state index contributed by atoms with van der Waals surface area (Å²) in [6, 6.07) is 17.6. The number of ketones is 1. The maximum atomic E-state index is 12.8. The van der Waals surface area contributed by atoms with Crippen LogP contribution in [0.5, 0.6) is 0 Å². The number of piperazine rings is 1. The van der Waals surface area contributed by atoms with E-state index in [1.807, 2.05) is 18.2 Å². The lowest BCUT2D eigenvalue weighted by atomic mass is 9.93. The van der Waals surface area contributed by atoms with Gasteiger partial charge in [0, 0.05) is 50.4 Å². The maximum absolute atomic E-state index is 12.8. The number of rotatable bonds is 8. The van der Waals surface area contributed by atoms with E-state index in [1.165, 1.54) is 10.1 Å². The molecule has 0 saturated carbocycles. The summed E-state index contributed by atoms with van der Waals surface area (Å²) in [6.07, 6.45) is 2.94. The first-order valence-electron chi connectivity index (χ1n) is 12.8. The van der Waals surface area contributed by atoms with Crippen LogP contribution in [-0.4, -0.2) is 77.4 Å². The fraction of sp³-hybridized carbons (Fsp3) is 0.429. The van der Waals surface area contributed by atoms with Crippen LogP contribution in [0, 0.1) is 11.3 Å². The van der Waals surface area contributed by atoms with Gasteiger partial charge in [-0.1, -0.05) is 42.5 Å². The molecule has 5 rings (SSSR count). The Morgan fingerprint density at radius 1 is 0.972 bits per heavy atom. The van der Waals surface area contributed by atoms with Crippen LogP contribution in [0.2, 0.25) is 0 Å². The zero-order chi connectivity index (χ0) is 24.9. The Kier molecular flexibility index (Phi) is 7.72. The van der Waals surface area contributed by atoms with Gasteiger partial charge in [0.05, 0.1) is 11.1 Å². The number of hydrogen-bond acceptors (Lipinski definition) is 7. The van der Waals surface area contributed by atoms with Crippen LogP contribution in [0.1, 0.15) is 31.2 Å². The molecule has 2 aliphatic heterocycles. The number of Topliss-reactive ketones (excluding diaryl/α,β-unsaturated/α-hetero) is 1. The summed E-state index contributed by atoms with van der Waals surface area (Å²) < 4.78 is 5.95. The molecule has 1 aromatic heterocycles. The van der Waals surface area contributed by atoms with Gasteiger partial charge in [0.25, 0.3) is 5.91 Å². The first-order valence-corrected chi connectivity index (χ1v) is 13.6. The highest BCUT2D eigenvalue weighted by Crippen LogP contribution is 2.30. The van der Waals surface area contributed by atoms with Crippen LogP contribution >= 0.6 is 11.5 Å². The van der Waals surface area contributed by atoms with Crippen LogP contribution in [-0.2, 0) is 9.59 Å². The summed E-state index contributed by atoms with van der Waals surface area (Å²) in [4.78, 5) is 32.0. The third-order valence-electron chi connectivity index (χ3n) is 7.39. The van der Waals surface area contributed by atoms with Gasteiger partial charge in [0.15, 0.2) is 0 Å². The lowest BCUT2D eigenvalue weighted by molar-refractivity contribution is -0.145. The normalized spacial score (nSPS) is 18.9. The molecule has 2 aromatic carbocycles. The number of likely N-dealkylation sites (tertiary alicyclic amines) is 1. The number of piperidine rings is 1. The predicted molar refractivity (Wildman–Crippen MR) is 145 cm³/mol. The van der Waals surface area contributed by atoms with Gasteiger partial charge < -0.3 is 15.2 Å². The molecule has 1 N–H and O–H groups in total. The Labute approximate surface area is 216 Å². The van der Waals surface area contributed by atoms with E-state index in [2.05, 4.69) is 34.1 Å². The fourth-order valence-corrected chi connectivity index (χ4v) is 6.08. The number of nitrogens with one attached hydrogen (secondary N) is 1. The lowest BCUT2D eigenvalue weighted by Crippen LogP contribution is -2.48. The van der Waals surface area contributed by atoms with E-state index in [0.29, 0.717) is 24.6 Å². The summed E-state index contributed by atoms with van der Waals surface area (Å²) in [5.74, 6) is 0.631. The van der Waals surface area contributed by atoms with Crippen molar-refractivity contribution in [2.75, 3.05) is 50.7 Å². The van der Waals surface area contributed by atoms with Crippen LogP contribution in [0.25, 0.3) is 10.1 Å². The average molecular weight is 504 g/mol. The molecule has 188 valence electrons. The van der Waals surface area contributed by atoms with Gasteiger partial charge in [0.1, 0.15) is 5.82 Å². The molecule has 2 saturated heterocycles. The zero-order valence-corrected chi connectivity index (χ0v) is 21.4. The van der Waals surface area contributed by atoms with Crippen molar-refractivity contribution in [1.82, 2.24) is 14.2 Å². The summed E-state index contributed by atoms with van der Waals surface area (Å²) in [5, 5.41) is 9.43. The largest absolute Gasteiger partial charge is 0.353 e. The molecule has 1 atom stereocenters. The summed E-state index contributed by atoms with van der Waals surface area (Å²) in [7, 11) is 0. The molecule has 0 bridgehead atoms. The molecule has 36 heavy (non-hydrogen) atoms. The molecule has 7 nitrogen and oxygen atoms in total. The zero-order valence-electron chi connectivity index (χ0n) is 20.6. The van der Waals surface area contributed by atoms with Crippen molar-refractivity contribution in [2.45, 2.75) is 25.7 Å². The Morgan fingerprint density at radius 2 is 1.72 bits per heavy atom. The first-order chi connectivity index (χ1) is 17.6. The molecule has 2 fully saturated rings. The fourth-order valence-electron chi connectivity index (χ4n) is 5.29. The lowest BCUT2D eigenvalue weighted by Gasteiger charge is -2.37. The Bertz CT molecular complexity index is 1220. The number of hydrogen-bond donors (Lipinski definition) is 1. The van der Waals surface area contributed by atoms with Gasteiger partial charge in [-0.05, 0) is 61.0 Å². The van der Waals surface area contributed by atoms with Crippen LogP contribution in [0.4, 0.5) is 5.82 Å². The molecule has 1 amide bonds. The van der Waals surface area contributed by atoms with E-state index in [-0.39, 0.29) is 12.1 Å². The van der Waals surface area contributed by atoms with Gasteiger partial charge in [-0.15, -0.1) is 0 Å². The standard InChI is InChI=1S/C28H33N5O2S/c29-24(22-8-2-1-3-9-22)19-25(34)28(35)33-13-6-7-21(20-33)12-14-31-15-17-32(18-16-31)27-23-10-4-5-11-26(23)36-30-27/h1-5,8-11,21,29H,6-7,12-20H2. The number of nitrogens with zero attached hydrogens (tertiary/aromatic N) is 4. The second-order valence-electron chi connectivity index (χ2n) is 9.82. The third-order valence-corrected chi connectivity index (χ3v) is 8.21. The molecular weight excluding hydrogens is 470 g/mol. The van der Waals surface area contributed by atoms with E-state index >= 15 is 0 Å². The van der Waals surface area contributed by atoms with Gasteiger partial charge >= 0.3 is 0 Å². The number of fused-ring (bicyclic) bond motifs is 1. The van der Waals surface area contributed by atoms with Crippen molar-refractivity contribution in [1.29, 1.82) is 5.41 Å². The number of carbonyl (C=O) groups is 2. The van der Waals surface area contributed by atoms with Crippen molar-refractivity contribution in [3.05, 3.63) is 60.2 Å². The summed E-state index contributed by atoms with van der Waals surface area (Å²) in [5.41, 5.74) is 0.894. The SMILES string of the molecule is N=C(CC(=O)C(=O)N1CCCC(CCN2CCN(c3nsc4ccccc34)CC2)C1)c1ccccc1. The second kappa shape index (κ2) is 11.3. The highest BCUT2D eigenvalue weighted by atomic mass is 32.1.